The van der Waals surface area contributed by atoms with Crippen LogP contribution in [0.25, 0.3) is 11.0 Å². The predicted octanol–water partition coefficient (Wildman–Crippen LogP) is 6.59. The minimum absolute atomic E-state index is 0.0872. The quantitative estimate of drug-likeness (QED) is 0.298. The molecule has 2 aromatic carbocycles. The molecule has 3 aromatic rings. The Bertz CT molecular complexity index is 1290. The molecular formula is C26H29Br2N3O3. The molecule has 0 amide bonds. The number of aromatic amines is 1. The Morgan fingerprint density at radius 1 is 1.29 bits per heavy atom. The number of aryl methyl sites for hydroxylation is 1. The molecule has 6 nitrogen and oxygen atoms in total. The first-order valence-electron chi connectivity index (χ1n) is 11.7. The zero-order chi connectivity index (χ0) is 24.3. The maximum absolute atomic E-state index is 12.8. The third kappa shape index (κ3) is 3.65. The van der Waals surface area contributed by atoms with Crippen LogP contribution in [0.5, 0.6) is 5.75 Å². The minimum atomic E-state index is -0.465. The van der Waals surface area contributed by atoms with Crippen molar-refractivity contribution in [3.05, 3.63) is 49.9 Å². The van der Waals surface area contributed by atoms with Gasteiger partial charge in [-0.05, 0) is 95.3 Å². The molecule has 5 rings (SSSR count). The molecule has 1 fully saturated rings. The lowest BCUT2D eigenvalue weighted by Crippen LogP contribution is -2.52. The highest BCUT2D eigenvalue weighted by molar-refractivity contribution is 9.11. The Labute approximate surface area is 216 Å². The molecule has 0 saturated heterocycles. The third-order valence-corrected chi connectivity index (χ3v) is 9.29. The van der Waals surface area contributed by atoms with Crippen molar-refractivity contribution in [3.8, 4) is 5.75 Å². The van der Waals surface area contributed by atoms with E-state index in [1.807, 2.05) is 12.1 Å². The van der Waals surface area contributed by atoms with Crippen molar-refractivity contribution < 1.29 is 14.6 Å². The Balaban J connectivity index is 1.52. The van der Waals surface area contributed by atoms with E-state index in [0.717, 1.165) is 57.6 Å². The van der Waals surface area contributed by atoms with Crippen LogP contribution in [0.3, 0.4) is 0 Å². The number of H-pyrrole nitrogens is 1. The van der Waals surface area contributed by atoms with E-state index in [4.69, 9.17) is 9.72 Å². The average Bonchev–Trinajstić information content (AvgIpc) is 3.25. The summed E-state index contributed by atoms with van der Waals surface area (Å²) in [6, 6.07) is 7.60. The highest BCUT2D eigenvalue weighted by Gasteiger charge is 2.56. The Hall–Kier alpha value is -2.06. The number of ether oxygens (including phenoxy) is 1. The molecule has 0 bridgehead atoms. The van der Waals surface area contributed by atoms with Gasteiger partial charge in [-0.25, -0.2) is 4.98 Å². The maximum Gasteiger partial charge on any atom is 0.311 e. The number of carbonyl (C=O) groups is 1. The van der Waals surface area contributed by atoms with E-state index in [-0.39, 0.29) is 23.1 Å². The van der Waals surface area contributed by atoms with Gasteiger partial charge >= 0.3 is 5.97 Å². The van der Waals surface area contributed by atoms with E-state index in [9.17, 15) is 9.90 Å². The van der Waals surface area contributed by atoms with Crippen LogP contribution >= 0.6 is 31.9 Å². The zero-order valence-electron chi connectivity index (χ0n) is 19.6. The summed E-state index contributed by atoms with van der Waals surface area (Å²) >= 11 is 7.23. The van der Waals surface area contributed by atoms with Gasteiger partial charge in [0.05, 0.1) is 18.0 Å². The molecule has 180 valence electrons. The molecule has 0 radical (unpaired) electrons. The van der Waals surface area contributed by atoms with Gasteiger partial charge in [0, 0.05) is 21.1 Å². The van der Waals surface area contributed by atoms with E-state index < -0.39 is 5.41 Å². The number of anilines is 1. The number of aromatic hydroxyl groups is 1. The van der Waals surface area contributed by atoms with Crippen molar-refractivity contribution in [1.29, 1.82) is 0 Å². The fourth-order valence-corrected chi connectivity index (χ4v) is 7.43. The first-order valence-corrected chi connectivity index (χ1v) is 13.3. The van der Waals surface area contributed by atoms with E-state index >= 15 is 0 Å². The van der Waals surface area contributed by atoms with Gasteiger partial charge in [-0.3, -0.25) is 4.79 Å². The number of carbonyl (C=O) groups excluding carboxylic acids is 1. The van der Waals surface area contributed by atoms with Crippen molar-refractivity contribution >= 4 is 54.8 Å². The number of methoxy groups -OCH3 is 1. The molecule has 1 aromatic heterocycles. The second-order valence-corrected chi connectivity index (χ2v) is 11.9. The lowest BCUT2D eigenvalue weighted by molar-refractivity contribution is -0.161. The molecule has 1 heterocycles. The summed E-state index contributed by atoms with van der Waals surface area (Å²) < 4.78 is 7.12. The fourth-order valence-electron chi connectivity index (χ4n) is 6.51. The van der Waals surface area contributed by atoms with E-state index in [2.05, 4.69) is 62.1 Å². The average molecular weight is 591 g/mol. The summed E-state index contributed by atoms with van der Waals surface area (Å²) in [4.78, 5) is 21.1. The third-order valence-electron chi connectivity index (χ3n) is 8.20. The van der Waals surface area contributed by atoms with Gasteiger partial charge < -0.3 is 20.1 Å². The monoisotopic (exact) mass is 589 g/mol. The standard InChI is InChI=1S/C26H29Br2N3O3/c1-25-9-4-10-26(2,23(33)34-3)20(25)8-6-16-17(25)12-18(28)22-21(16)30-24(31-22)29-13-14-11-15(27)5-7-19(14)32/h5,7,11-12,20,32H,4,6,8-10,13H2,1-3H3,(H2,29,30,31)/t20-,25-,26-/m1/s1. The zero-order valence-corrected chi connectivity index (χ0v) is 22.8. The van der Waals surface area contributed by atoms with Crippen molar-refractivity contribution in [2.75, 3.05) is 12.4 Å². The number of nitrogens with zero attached hydrogens (tertiary/aromatic N) is 1. The van der Waals surface area contributed by atoms with Crippen LogP contribution < -0.4 is 5.32 Å². The number of esters is 1. The number of phenols is 1. The van der Waals surface area contributed by atoms with Crippen LogP contribution in [-0.2, 0) is 27.9 Å². The van der Waals surface area contributed by atoms with Crippen LogP contribution in [0.1, 0.15) is 56.2 Å². The second kappa shape index (κ2) is 8.55. The summed E-state index contributed by atoms with van der Waals surface area (Å²) in [5.41, 5.74) is 4.74. The van der Waals surface area contributed by atoms with E-state index in [1.165, 1.54) is 18.2 Å². The molecule has 0 unspecified atom stereocenters. The Morgan fingerprint density at radius 3 is 2.85 bits per heavy atom. The number of rotatable bonds is 4. The van der Waals surface area contributed by atoms with E-state index in [0.29, 0.717) is 12.5 Å². The molecule has 8 heteroatoms. The van der Waals surface area contributed by atoms with Crippen LogP contribution in [0.15, 0.2) is 33.2 Å². The molecule has 0 spiro atoms. The number of halogens is 2. The first kappa shape index (κ1) is 23.7. The van der Waals surface area contributed by atoms with E-state index in [1.54, 1.807) is 6.07 Å². The molecular weight excluding hydrogens is 562 g/mol. The molecule has 2 aliphatic rings. The van der Waals surface area contributed by atoms with Crippen molar-refractivity contribution in [3.63, 3.8) is 0 Å². The van der Waals surface area contributed by atoms with Crippen LogP contribution in [0, 0.1) is 11.3 Å². The van der Waals surface area contributed by atoms with Gasteiger partial charge in [0.2, 0.25) is 5.95 Å². The normalized spacial score (nSPS) is 26.1. The number of hydrogen-bond acceptors (Lipinski definition) is 5. The number of imidazole rings is 1. The number of phenolic OH excluding ortho intramolecular Hbond substituents is 1. The molecule has 3 N–H and O–H groups in total. The highest BCUT2D eigenvalue weighted by atomic mass is 79.9. The van der Waals surface area contributed by atoms with Gasteiger partial charge in [-0.2, -0.15) is 0 Å². The highest BCUT2D eigenvalue weighted by Crippen LogP contribution is 2.58. The second-order valence-electron chi connectivity index (χ2n) is 10.1. The summed E-state index contributed by atoms with van der Waals surface area (Å²) in [6.07, 6.45) is 4.76. The molecule has 3 atom stereocenters. The van der Waals surface area contributed by atoms with Crippen LogP contribution in [0.2, 0.25) is 0 Å². The van der Waals surface area contributed by atoms with Gasteiger partial charge in [0.15, 0.2) is 0 Å². The molecule has 34 heavy (non-hydrogen) atoms. The lowest BCUT2D eigenvalue weighted by Gasteiger charge is -2.54. The molecule has 0 aliphatic heterocycles. The van der Waals surface area contributed by atoms with Crippen LogP contribution in [-0.4, -0.2) is 28.2 Å². The summed E-state index contributed by atoms with van der Waals surface area (Å²) in [5, 5.41) is 13.5. The van der Waals surface area contributed by atoms with Crippen molar-refractivity contribution in [2.24, 2.45) is 11.3 Å². The first-order chi connectivity index (χ1) is 16.2. The summed E-state index contributed by atoms with van der Waals surface area (Å²) in [6.45, 7) is 4.86. The summed E-state index contributed by atoms with van der Waals surface area (Å²) in [5.74, 6) is 1.06. The van der Waals surface area contributed by atoms with Crippen molar-refractivity contribution in [2.45, 2.75) is 57.9 Å². The van der Waals surface area contributed by atoms with Crippen LogP contribution in [0.4, 0.5) is 5.95 Å². The molecule has 2 aliphatic carbocycles. The van der Waals surface area contributed by atoms with Gasteiger partial charge in [0.1, 0.15) is 11.3 Å². The number of hydrogen-bond donors (Lipinski definition) is 3. The lowest BCUT2D eigenvalue weighted by atomic mass is 9.50. The number of fused-ring (bicyclic) bond motifs is 5. The van der Waals surface area contributed by atoms with Gasteiger partial charge in [-0.1, -0.05) is 29.3 Å². The Kier molecular flexibility index (Phi) is 5.96. The Morgan fingerprint density at radius 2 is 2.09 bits per heavy atom. The number of aromatic nitrogens is 2. The fraction of sp³-hybridized carbons (Fsp3) is 0.462. The maximum atomic E-state index is 12.8. The largest absolute Gasteiger partial charge is 0.508 e. The predicted molar refractivity (Wildman–Crippen MR) is 140 cm³/mol. The number of nitrogens with one attached hydrogen (secondary N) is 2. The SMILES string of the molecule is COC(=O)[C@]1(C)CCC[C@]2(C)c3cc(Br)c4nc(NCc5cc(Br)ccc5O)[nH]c4c3CC[C@@H]12. The summed E-state index contributed by atoms with van der Waals surface area (Å²) in [7, 11) is 1.50. The van der Waals surface area contributed by atoms with Gasteiger partial charge in [-0.15, -0.1) is 0 Å². The number of benzene rings is 2. The smallest absolute Gasteiger partial charge is 0.311 e. The molecule has 1 saturated carbocycles. The topological polar surface area (TPSA) is 87.2 Å². The van der Waals surface area contributed by atoms with Crippen molar-refractivity contribution in [1.82, 2.24) is 9.97 Å². The minimum Gasteiger partial charge on any atom is -0.508 e. The van der Waals surface area contributed by atoms with Gasteiger partial charge in [0.25, 0.3) is 0 Å².